The number of hydrogen-bond donors (Lipinski definition) is 0. The Morgan fingerprint density at radius 2 is 1.72 bits per heavy atom. The molecule has 2 aromatic carbocycles. The molecule has 4 rings (SSSR count). The van der Waals surface area contributed by atoms with Crippen molar-refractivity contribution in [2.24, 2.45) is 0 Å². The minimum absolute atomic E-state index is 0.0938. The third kappa shape index (κ3) is 3.82. The van der Waals surface area contributed by atoms with Crippen molar-refractivity contribution in [2.75, 3.05) is 34.2 Å². The van der Waals surface area contributed by atoms with E-state index in [0.717, 1.165) is 27.7 Å². The number of hydrogen-bond acceptors (Lipinski definition) is 7. The maximum absolute atomic E-state index is 12.4. The van der Waals surface area contributed by atoms with Crippen LogP contribution in [-0.2, 0) is 9.53 Å². The first-order valence-electron chi connectivity index (χ1n) is 9.56. The van der Waals surface area contributed by atoms with Crippen LogP contribution in [0.1, 0.15) is 31.9 Å². The molecule has 2 aliphatic heterocycles. The number of ether oxygens (including phenoxy) is 5. The van der Waals surface area contributed by atoms with E-state index < -0.39 is 6.10 Å². The third-order valence-corrected chi connectivity index (χ3v) is 4.80. The Morgan fingerprint density at radius 1 is 1.07 bits per heavy atom. The number of benzene rings is 2. The van der Waals surface area contributed by atoms with Crippen LogP contribution in [-0.4, -0.2) is 45.1 Å². The van der Waals surface area contributed by atoms with Gasteiger partial charge in [0.2, 0.25) is 13.6 Å². The molecule has 0 aromatic heterocycles. The van der Waals surface area contributed by atoms with Crippen LogP contribution in [0.2, 0.25) is 0 Å². The number of carbonyl (C=O) groups excluding carboxylic acids is 1. The Morgan fingerprint density at radius 3 is 2.41 bits per heavy atom. The van der Waals surface area contributed by atoms with Crippen molar-refractivity contribution >= 4 is 16.7 Å². The first-order chi connectivity index (χ1) is 13.9. The standard InChI is InChI=1S/C22H25NO6/c1-13(2)5-6-15(29-19(24)10-23(3)4)14-9-18-20-16(25-11-27-18)7-8-17-21(20)22(14)28-12-26-17/h5,7-9,15H,6,10-12H2,1-4H3/t15-/m0/s1. The molecule has 2 aliphatic rings. The van der Waals surface area contributed by atoms with Gasteiger partial charge in [-0.15, -0.1) is 0 Å². The van der Waals surface area contributed by atoms with Crippen LogP contribution in [0.5, 0.6) is 23.0 Å². The maximum Gasteiger partial charge on any atom is 0.320 e. The predicted molar refractivity (Wildman–Crippen MR) is 108 cm³/mol. The Kier molecular flexibility index (Phi) is 5.24. The predicted octanol–water partition coefficient (Wildman–Crippen LogP) is 3.80. The minimum Gasteiger partial charge on any atom is -0.457 e. The van der Waals surface area contributed by atoms with Gasteiger partial charge >= 0.3 is 5.97 Å². The largest absolute Gasteiger partial charge is 0.457 e. The summed E-state index contributed by atoms with van der Waals surface area (Å²) in [4.78, 5) is 14.2. The molecule has 0 saturated carbocycles. The molecule has 1 atom stereocenters. The van der Waals surface area contributed by atoms with Crippen LogP contribution in [0, 0.1) is 0 Å². The molecular weight excluding hydrogens is 374 g/mol. The third-order valence-electron chi connectivity index (χ3n) is 4.80. The fourth-order valence-electron chi connectivity index (χ4n) is 3.55. The molecule has 0 saturated heterocycles. The van der Waals surface area contributed by atoms with Gasteiger partial charge in [0.25, 0.3) is 0 Å². The highest BCUT2D eigenvalue weighted by atomic mass is 16.7. The van der Waals surface area contributed by atoms with Crippen LogP contribution >= 0.6 is 0 Å². The summed E-state index contributed by atoms with van der Waals surface area (Å²) in [5.74, 6) is 2.43. The van der Waals surface area contributed by atoms with Crippen LogP contribution < -0.4 is 18.9 Å². The molecule has 7 heteroatoms. The average Bonchev–Trinajstić information content (AvgIpc) is 2.68. The van der Waals surface area contributed by atoms with Gasteiger partial charge in [-0.1, -0.05) is 11.6 Å². The van der Waals surface area contributed by atoms with Crippen molar-refractivity contribution in [3.05, 3.63) is 35.4 Å². The van der Waals surface area contributed by atoms with E-state index >= 15 is 0 Å². The van der Waals surface area contributed by atoms with E-state index in [2.05, 4.69) is 6.08 Å². The molecule has 0 amide bonds. The van der Waals surface area contributed by atoms with Gasteiger partial charge in [0.15, 0.2) is 0 Å². The van der Waals surface area contributed by atoms with E-state index in [1.165, 1.54) is 0 Å². The normalized spacial score (nSPS) is 14.9. The SMILES string of the molecule is CC(C)=CC[C@H](OC(=O)CN(C)C)c1cc2c3c(ccc4c3c1OCO4)OCO2. The summed E-state index contributed by atoms with van der Waals surface area (Å²) >= 11 is 0. The van der Waals surface area contributed by atoms with Gasteiger partial charge in [0.1, 0.15) is 29.1 Å². The van der Waals surface area contributed by atoms with E-state index in [1.807, 2.05) is 46.1 Å². The molecule has 2 aromatic rings. The molecule has 2 heterocycles. The van der Waals surface area contributed by atoms with Crippen molar-refractivity contribution in [3.8, 4) is 23.0 Å². The van der Waals surface area contributed by atoms with E-state index in [4.69, 9.17) is 23.7 Å². The Bertz CT molecular complexity index is 977. The molecule has 0 bridgehead atoms. The summed E-state index contributed by atoms with van der Waals surface area (Å²) in [6, 6.07) is 5.63. The molecular formula is C22H25NO6. The summed E-state index contributed by atoms with van der Waals surface area (Å²) in [5.41, 5.74) is 1.91. The lowest BCUT2D eigenvalue weighted by Gasteiger charge is -2.29. The number of allylic oxidation sites excluding steroid dienone is 1. The van der Waals surface area contributed by atoms with E-state index in [0.29, 0.717) is 23.7 Å². The maximum atomic E-state index is 12.4. The molecule has 29 heavy (non-hydrogen) atoms. The highest BCUT2D eigenvalue weighted by Gasteiger charge is 2.30. The molecule has 0 radical (unpaired) electrons. The molecule has 0 aliphatic carbocycles. The lowest BCUT2D eigenvalue weighted by Crippen LogP contribution is -2.25. The fraction of sp³-hybridized carbons (Fsp3) is 0.409. The molecule has 0 N–H and O–H groups in total. The van der Waals surface area contributed by atoms with Gasteiger partial charge in [-0.05, 0) is 46.1 Å². The highest BCUT2D eigenvalue weighted by molar-refractivity contribution is 6.03. The van der Waals surface area contributed by atoms with Crippen LogP contribution in [0.15, 0.2) is 29.8 Å². The quantitative estimate of drug-likeness (QED) is 0.541. The zero-order valence-corrected chi connectivity index (χ0v) is 17.1. The van der Waals surface area contributed by atoms with Crippen molar-refractivity contribution in [1.29, 1.82) is 0 Å². The Hall–Kier alpha value is -2.93. The zero-order valence-electron chi connectivity index (χ0n) is 17.1. The first kappa shape index (κ1) is 19.4. The van der Waals surface area contributed by atoms with Crippen LogP contribution in [0.3, 0.4) is 0 Å². The highest BCUT2D eigenvalue weighted by Crippen LogP contribution is 2.51. The Labute approximate surface area is 169 Å². The van der Waals surface area contributed by atoms with Crippen LogP contribution in [0.4, 0.5) is 0 Å². The van der Waals surface area contributed by atoms with Gasteiger partial charge in [0, 0.05) is 12.0 Å². The van der Waals surface area contributed by atoms with Crippen molar-refractivity contribution in [2.45, 2.75) is 26.4 Å². The monoisotopic (exact) mass is 399 g/mol. The van der Waals surface area contributed by atoms with Crippen LogP contribution in [0.25, 0.3) is 10.8 Å². The smallest absolute Gasteiger partial charge is 0.320 e. The van der Waals surface area contributed by atoms with Crippen molar-refractivity contribution < 1.29 is 28.5 Å². The fourth-order valence-corrected chi connectivity index (χ4v) is 3.55. The first-order valence-corrected chi connectivity index (χ1v) is 9.56. The van der Waals surface area contributed by atoms with Gasteiger partial charge < -0.3 is 23.7 Å². The summed E-state index contributed by atoms with van der Waals surface area (Å²) in [6.45, 7) is 4.45. The molecule has 7 nitrogen and oxygen atoms in total. The number of nitrogens with zero attached hydrogens (tertiary/aromatic N) is 1. The molecule has 0 unspecified atom stereocenters. The summed E-state index contributed by atoms with van der Waals surface area (Å²) in [5, 5.41) is 1.60. The number of likely N-dealkylation sites (N-methyl/N-ethyl adjacent to an activating group) is 1. The average molecular weight is 399 g/mol. The van der Waals surface area contributed by atoms with Crippen molar-refractivity contribution in [3.63, 3.8) is 0 Å². The van der Waals surface area contributed by atoms with Gasteiger partial charge in [0.05, 0.1) is 17.3 Å². The summed E-state index contributed by atoms with van der Waals surface area (Å²) in [7, 11) is 3.66. The minimum atomic E-state index is -0.506. The lowest BCUT2D eigenvalue weighted by molar-refractivity contribution is -0.150. The number of rotatable bonds is 6. The topological polar surface area (TPSA) is 66.5 Å². The Balaban J connectivity index is 1.84. The van der Waals surface area contributed by atoms with E-state index in [-0.39, 0.29) is 26.1 Å². The number of carbonyl (C=O) groups is 1. The number of esters is 1. The zero-order chi connectivity index (χ0) is 20.5. The molecule has 0 spiro atoms. The second-order valence-corrected chi connectivity index (χ2v) is 7.65. The molecule has 154 valence electrons. The second kappa shape index (κ2) is 7.83. The van der Waals surface area contributed by atoms with Gasteiger partial charge in [-0.3, -0.25) is 9.69 Å². The summed E-state index contributed by atoms with van der Waals surface area (Å²) < 4.78 is 28.8. The van der Waals surface area contributed by atoms with Gasteiger partial charge in [-0.2, -0.15) is 0 Å². The van der Waals surface area contributed by atoms with Crippen molar-refractivity contribution in [1.82, 2.24) is 4.90 Å². The van der Waals surface area contributed by atoms with E-state index in [1.54, 1.807) is 4.90 Å². The molecule has 0 fully saturated rings. The van der Waals surface area contributed by atoms with E-state index in [9.17, 15) is 4.79 Å². The van der Waals surface area contributed by atoms with Gasteiger partial charge in [-0.25, -0.2) is 0 Å². The lowest BCUT2D eigenvalue weighted by atomic mass is 9.96. The summed E-state index contributed by atoms with van der Waals surface area (Å²) in [6.07, 6.45) is 2.08. The second-order valence-electron chi connectivity index (χ2n) is 7.65.